The van der Waals surface area contributed by atoms with Gasteiger partial charge in [0.05, 0.1) is 0 Å². The number of rotatable bonds is 6. The lowest BCUT2D eigenvalue weighted by atomic mass is 9.64. The maximum Gasteiger partial charge on any atom is 0.110 e. The average Bonchev–Trinajstić information content (AvgIpc) is 3.15. The van der Waals surface area contributed by atoms with Gasteiger partial charge < -0.3 is 4.74 Å². The van der Waals surface area contributed by atoms with Gasteiger partial charge in [0.1, 0.15) is 11.8 Å². The molecule has 0 spiro atoms. The molecule has 1 heterocycles. The molecule has 3 heteroatoms. The van der Waals surface area contributed by atoms with E-state index in [1.54, 1.807) is 0 Å². The Morgan fingerprint density at radius 3 is 2.43 bits per heavy atom. The molecule has 2 saturated carbocycles. The molecule has 4 unspecified atom stereocenters. The van der Waals surface area contributed by atoms with Crippen LogP contribution in [0.1, 0.15) is 65.7 Å². The summed E-state index contributed by atoms with van der Waals surface area (Å²) in [6, 6.07) is 4.50. The molecule has 1 aromatic heterocycles. The highest BCUT2D eigenvalue weighted by Gasteiger charge is 2.70. The highest BCUT2D eigenvalue weighted by Crippen LogP contribution is 2.74. The third-order valence-electron chi connectivity index (χ3n) is 7.48. The van der Waals surface area contributed by atoms with Gasteiger partial charge in [-0.1, -0.05) is 40.7 Å². The van der Waals surface area contributed by atoms with E-state index < -0.39 is 0 Å². The van der Waals surface area contributed by atoms with E-state index in [0.717, 1.165) is 19.0 Å². The van der Waals surface area contributed by atoms with E-state index in [9.17, 15) is 0 Å². The molecule has 130 valence electrons. The fourth-order valence-corrected chi connectivity index (χ4v) is 6.48. The topological polar surface area (TPSA) is 12.5 Å². The molecule has 1 aromatic rings. The summed E-state index contributed by atoms with van der Waals surface area (Å²) in [5, 5.41) is 2.21. The van der Waals surface area contributed by atoms with Gasteiger partial charge in [-0.2, -0.15) is 0 Å². The number of ether oxygens (including phenoxy) is 1. The second kappa shape index (κ2) is 5.86. The lowest BCUT2D eigenvalue weighted by Gasteiger charge is -2.50. The third kappa shape index (κ3) is 2.26. The zero-order valence-electron chi connectivity index (χ0n) is 15.7. The van der Waals surface area contributed by atoms with Gasteiger partial charge in [0.2, 0.25) is 0 Å². The summed E-state index contributed by atoms with van der Waals surface area (Å²) in [4.78, 5) is 3.87. The van der Waals surface area contributed by atoms with Crippen LogP contribution in [0, 0.1) is 16.7 Å². The van der Waals surface area contributed by atoms with Crippen LogP contribution >= 0.6 is 11.3 Å². The van der Waals surface area contributed by atoms with Crippen molar-refractivity contribution in [1.82, 2.24) is 4.90 Å². The molecule has 23 heavy (non-hydrogen) atoms. The highest BCUT2D eigenvalue weighted by molar-refractivity contribution is 7.10. The summed E-state index contributed by atoms with van der Waals surface area (Å²) in [5.74, 6) is 0.776. The van der Waals surface area contributed by atoms with Crippen LogP contribution in [0.5, 0.6) is 0 Å². The van der Waals surface area contributed by atoms with E-state index in [2.05, 4.69) is 64.0 Å². The van der Waals surface area contributed by atoms with Crippen LogP contribution in [0.4, 0.5) is 0 Å². The molecule has 3 rings (SSSR count). The summed E-state index contributed by atoms with van der Waals surface area (Å²) in [7, 11) is 0. The maximum absolute atomic E-state index is 7.00. The molecule has 0 saturated heterocycles. The van der Waals surface area contributed by atoms with Crippen molar-refractivity contribution in [3.05, 3.63) is 22.4 Å². The second-order valence-electron chi connectivity index (χ2n) is 8.24. The summed E-state index contributed by atoms with van der Waals surface area (Å²) in [6.45, 7) is 16.2. The molecular weight excluding hydrogens is 302 g/mol. The number of hydrogen-bond donors (Lipinski definition) is 0. The monoisotopic (exact) mass is 335 g/mol. The van der Waals surface area contributed by atoms with Crippen LogP contribution in [0.25, 0.3) is 0 Å². The van der Waals surface area contributed by atoms with E-state index in [1.807, 2.05) is 11.3 Å². The largest absolute Gasteiger partial charge is 0.351 e. The second-order valence-corrected chi connectivity index (χ2v) is 9.18. The molecule has 0 N–H and O–H groups in total. The molecule has 2 bridgehead atoms. The fraction of sp³-hybridized carbons (Fsp3) is 0.800. The summed E-state index contributed by atoms with van der Waals surface area (Å²) in [6.07, 6.45) is 3.99. The van der Waals surface area contributed by atoms with Crippen molar-refractivity contribution < 1.29 is 4.74 Å². The van der Waals surface area contributed by atoms with Crippen molar-refractivity contribution in [2.24, 2.45) is 16.7 Å². The minimum absolute atomic E-state index is 0.115. The smallest absolute Gasteiger partial charge is 0.110 e. The van der Waals surface area contributed by atoms with Crippen molar-refractivity contribution in [3.63, 3.8) is 0 Å². The van der Waals surface area contributed by atoms with Crippen molar-refractivity contribution in [2.45, 2.75) is 72.6 Å². The number of nitrogens with zero attached hydrogens (tertiary/aromatic N) is 1. The average molecular weight is 336 g/mol. The van der Waals surface area contributed by atoms with Crippen molar-refractivity contribution >= 4 is 11.3 Å². The normalized spacial score (nSPS) is 36.7. The molecule has 2 aliphatic carbocycles. The molecule has 0 amide bonds. The molecule has 2 fully saturated rings. The number of fused-ring (bicyclic) bond motifs is 2. The molecule has 0 radical (unpaired) electrons. The summed E-state index contributed by atoms with van der Waals surface area (Å²) >= 11 is 1.88. The Labute approximate surface area is 146 Å². The Kier molecular flexibility index (Phi) is 4.44. The molecule has 0 aromatic carbocycles. The van der Waals surface area contributed by atoms with Gasteiger partial charge >= 0.3 is 0 Å². The molecule has 2 nitrogen and oxygen atoms in total. The van der Waals surface area contributed by atoms with E-state index >= 15 is 0 Å². The first-order chi connectivity index (χ1) is 10.8. The molecule has 2 aliphatic rings. The van der Waals surface area contributed by atoms with Crippen molar-refractivity contribution in [2.75, 3.05) is 13.1 Å². The lowest BCUT2D eigenvalue weighted by Crippen LogP contribution is -2.50. The molecule has 4 atom stereocenters. The van der Waals surface area contributed by atoms with Gasteiger partial charge in [-0.15, -0.1) is 11.3 Å². The number of hydrogen-bond acceptors (Lipinski definition) is 3. The summed E-state index contributed by atoms with van der Waals surface area (Å²) < 4.78 is 7.00. The Balaban J connectivity index is 2.02. The zero-order valence-corrected chi connectivity index (χ0v) is 16.5. The first kappa shape index (κ1) is 17.4. The van der Waals surface area contributed by atoms with Crippen LogP contribution in [0.2, 0.25) is 0 Å². The van der Waals surface area contributed by atoms with E-state index in [4.69, 9.17) is 4.74 Å². The SMILES string of the molecule is CCN(CC)C(C)OC1(c2cccs2)CC2CCC1(C)C2(C)C. The van der Waals surface area contributed by atoms with E-state index in [1.165, 1.54) is 24.1 Å². The van der Waals surface area contributed by atoms with Gasteiger partial charge in [0, 0.05) is 10.3 Å². The Bertz CT molecular complexity index is 536. The van der Waals surface area contributed by atoms with E-state index in [0.29, 0.717) is 5.41 Å². The van der Waals surface area contributed by atoms with Gasteiger partial charge in [-0.3, -0.25) is 4.90 Å². The minimum Gasteiger partial charge on any atom is -0.351 e. The Hall–Kier alpha value is -0.380. The highest BCUT2D eigenvalue weighted by atomic mass is 32.1. The van der Waals surface area contributed by atoms with Gasteiger partial charge in [-0.25, -0.2) is 0 Å². The van der Waals surface area contributed by atoms with Crippen molar-refractivity contribution in [3.8, 4) is 0 Å². The molecule has 0 aliphatic heterocycles. The first-order valence-electron chi connectivity index (χ1n) is 9.28. The fourth-order valence-electron chi connectivity index (χ4n) is 5.47. The lowest BCUT2D eigenvalue weighted by molar-refractivity contribution is -0.208. The standard InChI is InChI=1S/C20H33NOS/c1-7-21(8-2)15(3)22-20(17-10-9-13-23-17)14-16-11-12-19(20,6)18(16,4)5/h9-10,13,15-16H,7-8,11-12,14H2,1-6H3. The minimum atomic E-state index is -0.115. The number of thiophene rings is 1. The Morgan fingerprint density at radius 1 is 1.30 bits per heavy atom. The Morgan fingerprint density at radius 2 is 2.00 bits per heavy atom. The van der Waals surface area contributed by atoms with Crippen LogP contribution in [-0.2, 0) is 10.3 Å². The van der Waals surface area contributed by atoms with Gasteiger partial charge in [0.25, 0.3) is 0 Å². The molecular formula is C20H33NOS. The van der Waals surface area contributed by atoms with Crippen LogP contribution in [-0.4, -0.2) is 24.2 Å². The maximum atomic E-state index is 7.00. The van der Waals surface area contributed by atoms with Gasteiger partial charge in [-0.05, 0) is 62.1 Å². The van der Waals surface area contributed by atoms with Crippen molar-refractivity contribution in [1.29, 1.82) is 0 Å². The van der Waals surface area contributed by atoms with Crippen LogP contribution in [0.15, 0.2) is 17.5 Å². The predicted molar refractivity (Wildman–Crippen MR) is 98.7 cm³/mol. The van der Waals surface area contributed by atoms with Gasteiger partial charge in [0.15, 0.2) is 0 Å². The first-order valence-corrected chi connectivity index (χ1v) is 10.2. The van der Waals surface area contributed by atoms with Crippen LogP contribution in [0.3, 0.4) is 0 Å². The zero-order chi connectivity index (χ0) is 16.9. The quantitative estimate of drug-likeness (QED) is 0.637. The predicted octanol–water partition coefficient (Wildman–Crippen LogP) is 5.49. The van der Waals surface area contributed by atoms with E-state index in [-0.39, 0.29) is 17.2 Å². The third-order valence-corrected chi connectivity index (χ3v) is 8.49. The summed E-state index contributed by atoms with van der Waals surface area (Å²) in [5.41, 5.74) is 0.451. The van der Waals surface area contributed by atoms with Crippen LogP contribution < -0.4 is 0 Å².